The Kier molecular flexibility index (Phi) is 23.0. The summed E-state index contributed by atoms with van der Waals surface area (Å²) in [5.74, 6) is -1.46. The van der Waals surface area contributed by atoms with E-state index in [1.54, 1.807) is 48.7 Å². The molecule has 0 saturated carbocycles. The highest BCUT2D eigenvalue weighted by Crippen LogP contribution is 2.31. The lowest BCUT2D eigenvalue weighted by molar-refractivity contribution is -0.144. The molecule has 84 heavy (non-hydrogen) atoms. The standard InChI is InChI=1S/C59H77FN10O12S2/c1-39-10-19-48(60)50(30-39)84(75,76)68-44-17-15-43(16-18-44)54-65-55-47(33-63-67-55)57(66-54)82-36-46-35-69(21-23-81-46)20-8-6-7-9-22-77-24-25-78-26-27-79-28-29-80-37-51(72)64-53(59(3,4)5)58(74)70-34-45(71)31-49(70)56(73)61-32-41-11-13-42(14-12-41)52-40(2)62-38-83-52/h10-19,30,33,38,45-46,49,53,68,71H,6-9,20-29,31-32,34-37H2,1-5H3,(H,61,73)(H,64,72)(H,63,65,66,67). The van der Waals surface area contributed by atoms with Crippen LogP contribution in [0.25, 0.3) is 32.9 Å². The summed E-state index contributed by atoms with van der Waals surface area (Å²) in [4.78, 5) is 58.4. The Morgan fingerprint density at radius 2 is 1.58 bits per heavy atom. The van der Waals surface area contributed by atoms with E-state index in [2.05, 4.69) is 45.4 Å². The molecule has 2 saturated heterocycles. The lowest BCUT2D eigenvalue weighted by Crippen LogP contribution is -2.58. The maximum Gasteiger partial charge on any atom is 0.264 e. The molecule has 4 unspecified atom stereocenters. The Morgan fingerprint density at radius 1 is 0.881 bits per heavy atom. The number of hydrogen-bond acceptors (Lipinski definition) is 18. The molecule has 25 heteroatoms. The molecule has 2 fully saturated rings. The molecule has 2 aliphatic rings. The SMILES string of the molecule is Cc1ccc(F)c(S(=O)(=O)Nc2ccc(-c3nc(OCC4CN(CCCCCCOCCOCCOCCOCC(=O)NC(C(=O)N5CC(O)CC5C(=O)NCc5ccc(-c6scnc6C)cc5)C(C)(C)C)CCO4)c4cn[nH]c4n3)cc2)c1. The number of β-amino-alcohol motifs (C(OH)–C–C–N with tert-alkyl or cyclic N) is 1. The van der Waals surface area contributed by atoms with E-state index in [1.807, 2.05) is 57.5 Å². The van der Waals surface area contributed by atoms with Crippen LogP contribution in [0.3, 0.4) is 0 Å². The van der Waals surface area contributed by atoms with Gasteiger partial charge in [0, 0.05) is 50.5 Å². The minimum Gasteiger partial charge on any atom is -0.474 e. The molecule has 0 bridgehead atoms. The van der Waals surface area contributed by atoms with E-state index in [9.17, 15) is 32.3 Å². The molecule has 5 heterocycles. The summed E-state index contributed by atoms with van der Waals surface area (Å²) < 4.78 is 77.5. The molecule has 3 aromatic carbocycles. The summed E-state index contributed by atoms with van der Waals surface area (Å²) in [7, 11) is -4.16. The lowest BCUT2D eigenvalue weighted by Gasteiger charge is -2.35. The third-order valence-corrected chi connectivity index (χ3v) is 16.6. The van der Waals surface area contributed by atoms with Crippen LogP contribution in [0.4, 0.5) is 10.1 Å². The third-order valence-electron chi connectivity index (χ3n) is 14.2. The van der Waals surface area contributed by atoms with Crippen LogP contribution in [-0.4, -0.2) is 183 Å². The van der Waals surface area contributed by atoms with Gasteiger partial charge < -0.3 is 49.1 Å². The van der Waals surface area contributed by atoms with Gasteiger partial charge in [-0.3, -0.25) is 29.1 Å². The first kappa shape index (κ1) is 63.5. The zero-order valence-electron chi connectivity index (χ0n) is 48.3. The van der Waals surface area contributed by atoms with Crippen molar-refractivity contribution in [1.82, 2.24) is 45.6 Å². The smallest absolute Gasteiger partial charge is 0.264 e. The molecule has 0 spiro atoms. The highest BCUT2D eigenvalue weighted by Gasteiger charge is 2.44. The number of aliphatic hydroxyl groups excluding tert-OH is 1. The molecule has 4 atom stereocenters. The minimum atomic E-state index is -4.16. The van der Waals surface area contributed by atoms with Gasteiger partial charge in [-0.15, -0.1) is 11.3 Å². The van der Waals surface area contributed by atoms with E-state index in [1.165, 1.54) is 17.0 Å². The average Bonchev–Trinajstić information content (AvgIpc) is 4.42. The molecule has 6 aromatic rings. The molecule has 3 amide bonds. The summed E-state index contributed by atoms with van der Waals surface area (Å²) >= 11 is 1.57. The predicted octanol–water partition coefficient (Wildman–Crippen LogP) is 6.22. The van der Waals surface area contributed by atoms with E-state index >= 15 is 0 Å². The van der Waals surface area contributed by atoms with Crippen LogP contribution in [0, 0.1) is 25.1 Å². The van der Waals surface area contributed by atoms with Crippen molar-refractivity contribution in [1.29, 1.82) is 0 Å². The molecule has 454 valence electrons. The van der Waals surface area contributed by atoms with Gasteiger partial charge in [-0.1, -0.05) is 63.9 Å². The van der Waals surface area contributed by atoms with Gasteiger partial charge in [0.05, 0.1) is 74.6 Å². The zero-order chi connectivity index (χ0) is 59.6. The third kappa shape index (κ3) is 18.2. The number of fused-ring (bicyclic) bond motifs is 1. The molecular formula is C59H77FN10O12S2. The van der Waals surface area contributed by atoms with Crippen molar-refractivity contribution in [2.24, 2.45) is 5.41 Å². The number of nitrogens with zero attached hydrogens (tertiary/aromatic N) is 6. The van der Waals surface area contributed by atoms with Gasteiger partial charge in [0.15, 0.2) is 11.5 Å². The number of thiazole rings is 1. The Hall–Kier alpha value is -6.55. The van der Waals surface area contributed by atoms with Crippen molar-refractivity contribution in [3.8, 4) is 27.7 Å². The Labute approximate surface area is 493 Å². The van der Waals surface area contributed by atoms with Gasteiger partial charge in [-0.25, -0.2) is 22.8 Å². The van der Waals surface area contributed by atoms with Gasteiger partial charge >= 0.3 is 0 Å². The number of sulfonamides is 1. The topological polar surface area (TPSA) is 271 Å². The number of aromatic amines is 1. The number of aliphatic hydroxyl groups is 1. The van der Waals surface area contributed by atoms with E-state index in [0.717, 1.165) is 66.5 Å². The molecule has 0 radical (unpaired) electrons. The molecule has 22 nitrogen and oxygen atoms in total. The first-order valence-corrected chi connectivity index (χ1v) is 30.7. The number of morpholine rings is 1. The number of amides is 3. The Bertz CT molecular complexity index is 3220. The normalized spacial score (nSPS) is 17.1. The van der Waals surface area contributed by atoms with Gasteiger partial charge in [-0.05, 0) is 91.7 Å². The van der Waals surface area contributed by atoms with Crippen LogP contribution in [0.2, 0.25) is 0 Å². The van der Waals surface area contributed by atoms with E-state index in [4.69, 9.17) is 28.4 Å². The summed E-state index contributed by atoms with van der Waals surface area (Å²) in [5.41, 5.74) is 5.95. The average molecular weight is 1200 g/mol. The van der Waals surface area contributed by atoms with Gasteiger partial charge in [0.1, 0.15) is 47.5 Å². The second-order valence-corrected chi connectivity index (χ2v) is 24.5. The maximum absolute atomic E-state index is 14.4. The summed E-state index contributed by atoms with van der Waals surface area (Å²) in [6.07, 6.45) is 4.76. The Balaban J connectivity index is 0.632. The molecule has 5 N–H and O–H groups in total. The summed E-state index contributed by atoms with van der Waals surface area (Å²) in [6, 6.07) is 16.4. The highest BCUT2D eigenvalue weighted by atomic mass is 32.2. The van der Waals surface area contributed by atoms with Crippen molar-refractivity contribution in [2.45, 2.75) is 102 Å². The van der Waals surface area contributed by atoms with Crippen LogP contribution in [-0.2, 0) is 54.6 Å². The van der Waals surface area contributed by atoms with Crippen molar-refractivity contribution in [3.05, 3.63) is 101 Å². The number of carbonyl (C=O) groups is 3. The van der Waals surface area contributed by atoms with Crippen LogP contribution < -0.4 is 20.1 Å². The first-order chi connectivity index (χ1) is 40.4. The quantitative estimate of drug-likeness (QED) is 0.0303. The number of halogens is 1. The largest absolute Gasteiger partial charge is 0.474 e. The number of carbonyl (C=O) groups excluding carboxylic acids is 3. The number of rotatable bonds is 31. The van der Waals surface area contributed by atoms with Crippen LogP contribution in [0.5, 0.6) is 5.88 Å². The van der Waals surface area contributed by atoms with Crippen molar-refractivity contribution < 1.29 is 60.7 Å². The molecule has 0 aliphatic carbocycles. The number of ether oxygens (including phenoxy) is 6. The summed E-state index contributed by atoms with van der Waals surface area (Å²) in [5, 5.41) is 23.9. The highest BCUT2D eigenvalue weighted by molar-refractivity contribution is 7.92. The number of benzene rings is 3. The van der Waals surface area contributed by atoms with Crippen LogP contribution in [0.1, 0.15) is 69.7 Å². The molecule has 2 aliphatic heterocycles. The number of nitrogens with one attached hydrogen (secondary N) is 4. The number of H-pyrrole nitrogens is 1. The Morgan fingerprint density at radius 3 is 2.30 bits per heavy atom. The van der Waals surface area contributed by atoms with Gasteiger partial charge in [0.2, 0.25) is 23.6 Å². The first-order valence-electron chi connectivity index (χ1n) is 28.3. The number of hydrogen-bond donors (Lipinski definition) is 5. The minimum absolute atomic E-state index is 0.0216. The molecule has 3 aromatic heterocycles. The monoisotopic (exact) mass is 1200 g/mol. The second-order valence-electron chi connectivity index (χ2n) is 22.0. The number of anilines is 1. The van der Waals surface area contributed by atoms with E-state index in [0.29, 0.717) is 80.1 Å². The number of aromatic nitrogens is 5. The second kappa shape index (κ2) is 30.5. The van der Waals surface area contributed by atoms with E-state index in [-0.39, 0.29) is 63.6 Å². The number of unbranched alkanes of at least 4 members (excludes halogenated alkanes) is 3. The molecule has 8 rings (SSSR count). The van der Waals surface area contributed by atoms with Gasteiger partial charge in [0.25, 0.3) is 10.0 Å². The summed E-state index contributed by atoms with van der Waals surface area (Å²) in [6.45, 7) is 15.1. The fraction of sp³-hybridized carbons (Fsp3) is 0.508. The van der Waals surface area contributed by atoms with Crippen molar-refractivity contribution in [2.75, 3.05) is 97.0 Å². The lowest BCUT2D eigenvalue weighted by atomic mass is 9.85. The van der Waals surface area contributed by atoms with Crippen molar-refractivity contribution in [3.63, 3.8) is 0 Å². The maximum atomic E-state index is 14.4. The van der Waals surface area contributed by atoms with E-state index < -0.39 is 56.2 Å². The fourth-order valence-corrected chi connectivity index (χ4v) is 11.8. The van der Waals surface area contributed by atoms with Crippen molar-refractivity contribution >= 4 is 55.8 Å². The predicted molar refractivity (Wildman–Crippen MR) is 314 cm³/mol. The molecular weight excluding hydrogens is 1120 g/mol. The zero-order valence-corrected chi connectivity index (χ0v) is 49.9. The van der Waals surface area contributed by atoms with Gasteiger partial charge in [-0.2, -0.15) is 10.1 Å². The van der Waals surface area contributed by atoms with Crippen LogP contribution in [0.15, 0.2) is 83.3 Å². The number of likely N-dealkylation sites (tertiary alicyclic amines) is 1. The van der Waals surface area contributed by atoms with Crippen LogP contribution >= 0.6 is 11.3 Å². The fourth-order valence-electron chi connectivity index (χ4n) is 9.72. The number of aryl methyl sites for hydroxylation is 2.